The second-order valence-electron chi connectivity index (χ2n) is 6.28. The average Bonchev–Trinajstić information content (AvgIpc) is 2.39. The molecule has 1 heterocycles. The molecule has 2 rings (SSSR count). The number of rotatable bonds is 4. The van der Waals surface area contributed by atoms with Crippen molar-refractivity contribution in [2.75, 3.05) is 32.8 Å². The number of ether oxygens (including phenoxy) is 1. The molecule has 1 aromatic carbocycles. The molecule has 0 bridgehead atoms. The molecule has 1 N–H and O–H groups in total. The van der Waals surface area contributed by atoms with Crippen LogP contribution >= 0.6 is 0 Å². The van der Waals surface area contributed by atoms with E-state index in [1.165, 1.54) is 0 Å². The molecule has 1 aromatic rings. The van der Waals surface area contributed by atoms with Crippen LogP contribution in [0.25, 0.3) is 0 Å². The lowest BCUT2D eigenvalue weighted by molar-refractivity contribution is 0.0631. The maximum atomic E-state index is 5.81. The third kappa shape index (κ3) is 4.22. The molecule has 0 amide bonds. The van der Waals surface area contributed by atoms with Crippen LogP contribution in [0.2, 0.25) is 0 Å². The van der Waals surface area contributed by atoms with Gasteiger partial charge in [0.05, 0.1) is 0 Å². The zero-order valence-corrected chi connectivity index (χ0v) is 12.4. The van der Waals surface area contributed by atoms with E-state index >= 15 is 0 Å². The van der Waals surface area contributed by atoms with Gasteiger partial charge in [-0.15, -0.1) is 0 Å². The summed E-state index contributed by atoms with van der Waals surface area (Å²) in [6, 6.07) is 10.6. The molecule has 19 heavy (non-hydrogen) atoms. The molecule has 0 spiro atoms. The van der Waals surface area contributed by atoms with Crippen molar-refractivity contribution in [2.24, 2.45) is 5.41 Å². The Hall–Kier alpha value is -1.06. The fourth-order valence-electron chi connectivity index (χ4n) is 2.67. The van der Waals surface area contributed by atoms with E-state index in [0.29, 0.717) is 11.5 Å². The van der Waals surface area contributed by atoms with Crippen molar-refractivity contribution in [1.82, 2.24) is 10.2 Å². The molecule has 1 atom stereocenters. The number of para-hydroxylation sites is 1. The van der Waals surface area contributed by atoms with Crippen molar-refractivity contribution in [2.45, 2.75) is 26.8 Å². The number of piperazine rings is 1. The van der Waals surface area contributed by atoms with Crippen LogP contribution < -0.4 is 10.1 Å². The van der Waals surface area contributed by atoms with Crippen molar-refractivity contribution in [3.8, 4) is 5.75 Å². The summed E-state index contributed by atoms with van der Waals surface area (Å²) in [6.07, 6.45) is 0. The first kappa shape index (κ1) is 14.4. The number of nitrogens with one attached hydrogen (secondary N) is 1. The Kier molecular flexibility index (Phi) is 4.83. The fraction of sp³-hybridized carbons (Fsp3) is 0.625. The van der Waals surface area contributed by atoms with Gasteiger partial charge in [-0.25, -0.2) is 0 Å². The molecule has 0 radical (unpaired) electrons. The summed E-state index contributed by atoms with van der Waals surface area (Å²) in [5.41, 5.74) is 0.306. The molecule has 1 fully saturated rings. The summed E-state index contributed by atoms with van der Waals surface area (Å²) in [5.74, 6) is 0.963. The summed E-state index contributed by atoms with van der Waals surface area (Å²) < 4.78 is 5.81. The quantitative estimate of drug-likeness (QED) is 0.901. The first-order valence-electron chi connectivity index (χ1n) is 7.20. The van der Waals surface area contributed by atoms with Crippen LogP contribution in [0.3, 0.4) is 0 Å². The summed E-state index contributed by atoms with van der Waals surface area (Å²) in [7, 11) is 0. The van der Waals surface area contributed by atoms with E-state index in [1.807, 2.05) is 30.3 Å². The van der Waals surface area contributed by atoms with Gasteiger partial charge in [0.1, 0.15) is 12.4 Å². The maximum absolute atomic E-state index is 5.81. The van der Waals surface area contributed by atoms with Crippen LogP contribution in [0.4, 0.5) is 0 Å². The van der Waals surface area contributed by atoms with Crippen LogP contribution in [-0.4, -0.2) is 43.7 Å². The van der Waals surface area contributed by atoms with Gasteiger partial charge >= 0.3 is 0 Å². The lowest BCUT2D eigenvalue weighted by Crippen LogP contribution is -2.57. The third-order valence-electron chi connectivity index (χ3n) is 3.74. The van der Waals surface area contributed by atoms with Crippen molar-refractivity contribution < 1.29 is 4.74 Å². The highest BCUT2D eigenvalue weighted by Gasteiger charge is 2.31. The van der Waals surface area contributed by atoms with Crippen LogP contribution in [-0.2, 0) is 0 Å². The van der Waals surface area contributed by atoms with Crippen molar-refractivity contribution in [3.63, 3.8) is 0 Å². The van der Waals surface area contributed by atoms with Gasteiger partial charge in [0.25, 0.3) is 0 Å². The molecular weight excluding hydrogens is 236 g/mol. The number of hydrogen-bond acceptors (Lipinski definition) is 3. The van der Waals surface area contributed by atoms with E-state index in [4.69, 9.17) is 4.74 Å². The lowest BCUT2D eigenvalue weighted by atomic mass is 9.84. The first-order valence-corrected chi connectivity index (χ1v) is 7.20. The predicted molar refractivity (Wildman–Crippen MR) is 79.6 cm³/mol. The van der Waals surface area contributed by atoms with E-state index in [1.54, 1.807) is 0 Å². The summed E-state index contributed by atoms with van der Waals surface area (Å²) >= 11 is 0. The predicted octanol–water partition coefficient (Wildman–Crippen LogP) is 2.39. The summed E-state index contributed by atoms with van der Waals surface area (Å²) in [6.45, 7) is 12.0. The highest BCUT2D eigenvalue weighted by Crippen LogP contribution is 2.25. The highest BCUT2D eigenvalue weighted by atomic mass is 16.5. The Morgan fingerprint density at radius 2 is 2.00 bits per heavy atom. The molecule has 0 saturated carbocycles. The monoisotopic (exact) mass is 262 g/mol. The molecule has 0 aromatic heterocycles. The molecule has 3 nitrogen and oxygen atoms in total. The Morgan fingerprint density at radius 3 is 2.68 bits per heavy atom. The van der Waals surface area contributed by atoms with Gasteiger partial charge in [0.2, 0.25) is 0 Å². The zero-order chi connectivity index (χ0) is 13.7. The van der Waals surface area contributed by atoms with Crippen molar-refractivity contribution in [1.29, 1.82) is 0 Å². The van der Waals surface area contributed by atoms with Crippen LogP contribution in [0.1, 0.15) is 20.8 Å². The van der Waals surface area contributed by atoms with Crippen LogP contribution in [0.5, 0.6) is 5.75 Å². The SMILES string of the molecule is CC(C)(C)[C@@H]1CNCCN1CCOc1ccccc1. The van der Waals surface area contributed by atoms with Crippen molar-refractivity contribution in [3.05, 3.63) is 30.3 Å². The van der Waals surface area contributed by atoms with E-state index in [9.17, 15) is 0 Å². The number of hydrogen-bond donors (Lipinski definition) is 1. The largest absolute Gasteiger partial charge is 0.492 e. The van der Waals surface area contributed by atoms with Crippen LogP contribution in [0.15, 0.2) is 30.3 Å². The Bertz CT molecular complexity index is 372. The molecule has 1 saturated heterocycles. The smallest absolute Gasteiger partial charge is 0.119 e. The van der Waals surface area contributed by atoms with E-state index in [-0.39, 0.29) is 0 Å². The minimum absolute atomic E-state index is 0.306. The molecule has 1 aliphatic rings. The topological polar surface area (TPSA) is 24.5 Å². The Morgan fingerprint density at radius 1 is 1.26 bits per heavy atom. The molecule has 0 aliphatic carbocycles. The normalized spacial score (nSPS) is 21.3. The minimum atomic E-state index is 0.306. The molecule has 106 valence electrons. The van der Waals surface area contributed by atoms with E-state index < -0.39 is 0 Å². The van der Waals surface area contributed by atoms with Crippen molar-refractivity contribution >= 4 is 0 Å². The van der Waals surface area contributed by atoms with Gasteiger partial charge in [-0.3, -0.25) is 4.90 Å². The fourth-order valence-corrected chi connectivity index (χ4v) is 2.67. The average molecular weight is 262 g/mol. The van der Waals surface area contributed by atoms with Gasteiger partial charge in [0.15, 0.2) is 0 Å². The summed E-state index contributed by atoms with van der Waals surface area (Å²) in [4.78, 5) is 2.56. The Balaban J connectivity index is 1.83. The number of benzene rings is 1. The lowest BCUT2D eigenvalue weighted by Gasteiger charge is -2.43. The molecule has 0 unspecified atom stereocenters. The van der Waals surface area contributed by atoms with E-state index in [0.717, 1.165) is 38.5 Å². The minimum Gasteiger partial charge on any atom is -0.492 e. The van der Waals surface area contributed by atoms with Crippen LogP contribution in [0, 0.1) is 5.41 Å². The van der Waals surface area contributed by atoms with Gasteiger partial charge in [-0.2, -0.15) is 0 Å². The van der Waals surface area contributed by atoms with Gasteiger partial charge in [0, 0.05) is 32.2 Å². The molecule has 1 aliphatic heterocycles. The van der Waals surface area contributed by atoms with Gasteiger partial charge in [-0.05, 0) is 17.5 Å². The zero-order valence-electron chi connectivity index (χ0n) is 12.4. The summed E-state index contributed by atoms with van der Waals surface area (Å²) in [5, 5.41) is 3.50. The van der Waals surface area contributed by atoms with Gasteiger partial charge in [-0.1, -0.05) is 39.0 Å². The molecule has 3 heteroatoms. The Labute approximate surface area is 116 Å². The molecular formula is C16H26N2O. The standard InChI is InChI=1S/C16H26N2O/c1-16(2,3)15-13-17-9-10-18(15)11-12-19-14-7-5-4-6-8-14/h4-8,15,17H,9-13H2,1-3H3/t15-/m0/s1. The maximum Gasteiger partial charge on any atom is 0.119 e. The first-order chi connectivity index (χ1) is 9.07. The van der Waals surface area contributed by atoms with E-state index in [2.05, 4.69) is 31.0 Å². The second-order valence-corrected chi connectivity index (χ2v) is 6.28. The third-order valence-corrected chi connectivity index (χ3v) is 3.74. The number of nitrogens with zero attached hydrogens (tertiary/aromatic N) is 1. The second kappa shape index (κ2) is 6.40. The van der Waals surface area contributed by atoms with Gasteiger partial charge < -0.3 is 10.1 Å². The highest BCUT2D eigenvalue weighted by molar-refractivity contribution is 5.20.